The van der Waals surface area contributed by atoms with E-state index in [9.17, 15) is 5.11 Å². The van der Waals surface area contributed by atoms with E-state index in [0.29, 0.717) is 13.2 Å². The quantitative estimate of drug-likeness (QED) is 0.845. The van der Waals surface area contributed by atoms with Gasteiger partial charge in [-0.25, -0.2) is 0 Å². The fraction of sp³-hybridized carbons (Fsp3) is 0.571. The summed E-state index contributed by atoms with van der Waals surface area (Å²) in [6.07, 6.45) is 0. The van der Waals surface area contributed by atoms with Crippen LogP contribution in [0.4, 0.5) is 5.69 Å². The van der Waals surface area contributed by atoms with Gasteiger partial charge in [-0.3, -0.25) is 0 Å². The van der Waals surface area contributed by atoms with Crippen molar-refractivity contribution in [2.45, 2.75) is 33.0 Å². The van der Waals surface area contributed by atoms with Gasteiger partial charge in [-0.15, -0.1) is 0 Å². The summed E-state index contributed by atoms with van der Waals surface area (Å²) in [6, 6.07) is 5.95. The molecule has 1 unspecified atom stereocenters. The second-order valence-electron chi connectivity index (χ2n) is 5.06. The average molecular weight is 316 g/mol. The minimum absolute atomic E-state index is 0.197. The molecule has 0 radical (unpaired) electrons. The van der Waals surface area contributed by atoms with Crippen molar-refractivity contribution in [3.05, 3.63) is 28.2 Å². The largest absolute Gasteiger partial charge is 0.388 e. The molecule has 0 bridgehead atoms. The minimum atomic E-state index is -0.730. The van der Waals surface area contributed by atoms with Crippen molar-refractivity contribution >= 4 is 21.6 Å². The molecule has 1 rings (SSSR count). The Morgan fingerprint density at radius 2 is 2.11 bits per heavy atom. The average Bonchev–Trinajstić information content (AvgIpc) is 2.30. The van der Waals surface area contributed by atoms with E-state index in [1.165, 1.54) is 0 Å². The molecule has 102 valence electrons. The van der Waals surface area contributed by atoms with E-state index in [2.05, 4.69) is 21.2 Å². The maximum atomic E-state index is 10.2. The van der Waals surface area contributed by atoms with E-state index in [0.717, 1.165) is 15.7 Å². The highest BCUT2D eigenvalue weighted by Gasteiger charge is 2.24. The monoisotopic (exact) mass is 315 g/mol. The Morgan fingerprint density at radius 1 is 1.44 bits per heavy atom. The molecule has 0 aliphatic rings. The topological polar surface area (TPSA) is 41.5 Å². The fourth-order valence-electron chi connectivity index (χ4n) is 1.49. The van der Waals surface area contributed by atoms with Gasteiger partial charge >= 0.3 is 0 Å². The number of ether oxygens (including phenoxy) is 1. The molecule has 1 aromatic carbocycles. The summed E-state index contributed by atoms with van der Waals surface area (Å²) in [5, 5.41) is 13.5. The summed E-state index contributed by atoms with van der Waals surface area (Å²) in [5.74, 6) is 0.197. The number of nitrogens with one attached hydrogen (secondary N) is 1. The standard InChI is InChI=1S/C14H22BrNO2/c1-10(2)14(3,17)9-16-13-7-5-6-12(15)11(13)8-18-4/h5-7,10,16-17H,8-9H2,1-4H3. The number of hydrogen-bond acceptors (Lipinski definition) is 3. The summed E-state index contributed by atoms with van der Waals surface area (Å²) in [4.78, 5) is 0. The molecule has 0 aliphatic heterocycles. The molecular formula is C14H22BrNO2. The third-order valence-corrected chi connectivity index (χ3v) is 4.03. The van der Waals surface area contributed by atoms with E-state index in [1.54, 1.807) is 7.11 Å². The second kappa shape index (κ2) is 6.55. The van der Waals surface area contributed by atoms with Gasteiger partial charge in [0.1, 0.15) is 0 Å². The number of methoxy groups -OCH3 is 1. The third kappa shape index (κ3) is 3.97. The lowest BCUT2D eigenvalue weighted by atomic mass is 9.92. The van der Waals surface area contributed by atoms with E-state index < -0.39 is 5.60 Å². The van der Waals surface area contributed by atoms with Gasteiger partial charge in [0.15, 0.2) is 0 Å². The number of benzene rings is 1. The molecule has 1 aromatic rings. The predicted octanol–water partition coefficient (Wildman–Crippen LogP) is 3.41. The summed E-state index contributed by atoms with van der Waals surface area (Å²) in [6.45, 7) is 6.92. The van der Waals surface area contributed by atoms with Crippen molar-refractivity contribution < 1.29 is 9.84 Å². The number of hydrogen-bond donors (Lipinski definition) is 2. The lowest BCUT2D eigenvalue weighted by molar-refractivity contribution is 0.0266. The van der Waals surface area contributed by atoms with Gasteiger partial charge in [0.2, 0.25) is 0 Å². The number of halogens is 1. The normalized spacial score (nSPS) is 14.6. The van der Waals surface area contributed by atoms with Crippen molar-refractivity contribution in [3.63, 3.8) is 0 Å². The van der Waals surface area contributed by atoms with Crippen molar-refractivity contribution in [2.75, 3.05) is 19.0 Å². The molecule has 0 spiro atoms. The molecule has 0 saturated heterocycles. The zero-order valence-corrected chi connectivity index (χ0v) is 13.0. The maximum absolute atomic E-state index is 10.2. The smallest absolute Gasteiger partial charge is 0.0813 e. The van der Waals surface area contributed by atoms with Gasteiger partial charge in [0.25, 0.3) is 0 Å². The number of rotatable bonds is 6. The second-order valence-corrected chi connectivity index (χ2v) is 5.92. The van der Waals surface area contributed by atoms with Gasteiger partial charge < -0.3 is 15.2 Å². The molecule has 4 heteroatoms. The van der Waals surface area contributed by atoms with Crippen LogP contribution in [0.1, 0.15) is 26.3 Å². The first kappa shape index (κ1) is 15.5. The number of anilines is 1. The molecule has 2 N–H and O–H groups in total. The van der Waals surface area contributed by atoms with Crippen LogP contribution in [-0.2, 0) is 11.3 Å². The summed E-state index contributed by atoms with van der Waals surface area (Å²) in [7, 11) is 1.67. The van der Waals surface area contributed by atoms with Gasteiger partial charge in [-0.2, -0.15) is 0 Å². The summed E-state index contributed by atoms with van der Waals surface area (Å²) >= 11 is 3.52. The van der Waals surface area contributed by atoms with Gasteiger partial charge in [-0.1, -0.05) is 35.8 Å². The number of aliphatic hydroxyl groups is 1. The SMILES string of the molecule is COCc1c(Br)cccc1NCC(C)(O)C(C)C. The Balaban J connectivity index is 2.82. The first-order valence-electron chi connectivity index (χ1n) is 6.11. The Hall–Kier alpha value is -0.580. The van der Waals surface area contributed by atoms with Crippen LogP contribution in [0.25, 0.3) is 0 Å². The highest BCUT2D eigenvalue weighted by Crippen LogP contribution is 2.26. The molecule has 1 atom stereocenters. The van der Waals surface area contributed by atoms with Crippen molar-refractivity contribution in [1.82, 2.24) is 0 Å². The van der Waals surface area contributed by atoms with Crippen LogP contribution in [0.5, 0.6) is 0 Å². The van der Waals surface area contributed by atoms with Gasteiger partial charge in [0.05, 0.1) is 12.2 Å². The Morgan fingerprint density at radius 3 is 2.67 bits per heavy atom. The lowest BCUT2D eigenvalue weighted by Crippen LogP contribution is -2.38. The van der Waals surface area contributed by atoms with E-state index in [4.69, 9.17) is 4.74 Å². The summed E-state index contributed by atoms with van der Waals surface area (Å²) < 4.78 is 6.21. The van der Waals surface area contributed by atoms with Crippen LogP contribution in [0.2, 0.25) is 0 Å². The third-order valence-electron chi connectivity index (χ3n) is 3.29. The molecule has 0 aromatic heterocycles. The zero-order valence-electron chi connectivity index (χ0n) is 11.5. The first-order valence-corrected chi connectivity index (χ1v) is 6.90. The molecule has 0 aliphatic carbocycles. The van der Waals surface area contributed by atoms with Crippen LogP contribution in [-0.4, -0.2) is 24.4 Å². The molecule has 0 heterocycles. The van der Waals surface area contributed by atoms with E-state index in [-0.39, 0.29) is 5.92 Å². The Kier molecular flexibility index (Phi) is 5.63. The molecule has 18 heavy (non-hydrogen) atoms. The van der Waals surface area contributed by atoms with Gasteiger partial charge in [-0.05, 0) is 25.0 Å². The minimum Gasteiger partial charge on any atom is -0.388 e. The molecule has 0 saturated carbocycles. The van der Waals surface area contributed by atoms with Gasteiger partial charge in [0, 0.05) is 29.4 Å². The van der Waals surface area contributed by atoms with Crippen LogP contribution in [0, 0.1) is 5.92 Å². The highest BCUT2D eigenvalue weighted by molar-refractivity contribution is 9.10. The first-order chi connectivity index (χ1) is 8.38. The Bertz CT molecular complexity index is 391. The maximum Gasteiger partial charge on any atom is 0.0813 e. The van der Waals surface area contributed by atoms with Crippen LogP contribution >= 0.6 is 15.9 Å². The molecule has 0 fully saturated rings. The molecule has 3 nitrogen and oxygen atoms in total. The van der Waals surface area contributed by atoms with Crippen molar-refractivity contribution in [1.29, 1.82) is 0 Å². The van der Waals surface area contributed by atoms with Crippen LogP contribution in [0.3, 0.4) is 0 Å². The molecular weight excluding hydrogens is 294 g/mol. The molecule has 0 amide bonds. The van der Waals surface area contributed by atoms with Crippen LogP contribution in [0.15, 0.2) is 22.7 Å². The zero-order chi connectivity index (χ0) is 13.8. The van der Waals surface area contributed by atoms with E-state index >= 15 is 0 Å². The Labute approximate surface area is 118 Å². The van der Waals surface area contributed by atoms with Crippen LogP contribution < -0.4 is 5.32 Å². The lowest BCUT2D eigenvalue weighted by Gasteiger charge is -2.29. The fourth-order valence-corrected chi connectivity index (χ4v) is 1.97. The highest BCUT2D eigenvalue weighted by atomic mass is 79.9. The predicted molar refractivity (Wildman–Crippen MR) is 78.8 cm³/mol. The summed E-state index contributed by atoms with van der Waals surface area (Å²) in [5.41, 5.74) is 1.33. The van der Waals surface area contributed by atoms with E-state index in [1.807, 2.05) is 39.0 Å². The van der Waals surface area contributed by atoms with Crippen molar-refractivity contribution in [3.8, 4) is 0 Å². The van der Waals surface area contributed by atoms with Crippen molar-refractivity contribution in [2.24, 2.45) is 5.92 Å².